The fraction of sp³-hybridized carbons (Fsp3) is 0.250. The van der Waals surface area contributed by atoms with Gasteiger partial charge >= 0.3 is 0 Å². The van der Waals surface area contributed by atoms with E-state index >= 15 is 0 Å². The maximum atomic E-state index is 11.9. The molecule has 21 heavy (non-hydrogen) atoms. The van der Waals surface area contributed by atoms with Gasteiger partial charge in [0.2, 0.25) is 0 Å². The molecule has 1 amide bonds. The summed E-state index contributed by atoms with van der Waals surface area (Å²) >= 11 is 0. The van der Waals surface area contributed by atoms with Crippen molar-refractivity contribution in [3.8, 4) is 6.07 Å². The van der Waals surface area contributed by atoms with Crippen LogP contribution in [0.5, 0.6) is 0 Å². The van der Waals surface area contributed by atoms with Gasteiger partial charge in [-0.25, -0.2) is 4.98 Å². The first kappa shape index (κ1) is 14.7. The van der Waals surface area contributed by atoms with Crippen LogP contribution in [-0.4, -0.2) is 22.4 Å². The highest BCUT2D eigenvalue weighted by Crippen LogP contribution is 2.10. The van der Waals surface area contributed by atoms with Crippen LogP contribution in [-0.2, 0) is 4.79 Å². The summed E-state index contributed by atoms with van der Waals surface area (Å²) in [4.78, 5) is 20.5. The molecule has 2 aromatic rings. The van der Waals surface area contributed by atoms with E-state index in [2.05, 4.69) is 15.3 Å². The standard InChI is InChI=1S/C16H16N4O/c1-2-3-8-18-16(21)12(10-17)9-13-11-19-14-6-4-5-7-15(14)20-13/h4-7,9,11H,2-3,8H2,1H3,(H,18,21)/b12-9+. The molecule has 0 saturated heterocycles. The fourth-order valence-electron chi connectivity index (χ4n) is 1.81. The zero-order valence-electron chi connectivity index (χ0n) is 11.8. The van der Waals surface area contributed by atoms with Gasteiger partial charge in [-0.2, -0.15) is 5.26 Å². The molecule has 5 heteroatoms. The molecule has 0 atom stereocenters. The van der Waals surface area contributed by atoms with Gasteiger partial charge in [0, 0.05) is 6.54 Å². The zero-order valence-corrected chi connectivity index (χ0v) is 11.8. The zero-order chi connectivity index (χ0) is 15.1. The number of nitrogens with zero attached hydrogens (tertiary/aromatic N) is 3. The van der Waals surface area contributed by atoms with Crippen LogP contribution in [0.2, 0.25) is 0 Å². The fourth-order valence-corrected chi connectivity index (χ4v) is 1.81. The molecular formula is C16H16N4O. The van der Waals surface area contributed by atoms with Gasteiger partial charge < -0.3 is 5.32 Å². The number of carbonyl (C=O) groups is 1. The highest BCUT2D eigenvalue weighted by molar-refractivity contribution is 6.01. The predicted octanol–water partition coefficient (Wildman–Crippen LogP) is 2.45. The number of hydrogen-bond donors (Lipinski definition) is 1. The van der Waals surface area contributed by atoms with Crippen LogP contribution in [0.15, 0.2) is 36.0 Å². The van der Waals surface area contributed by atoms with Crippen LogP contribution < -0.4 is 5.32 Å². The van der Waals surface area contributed by atoms with Crippen molar-refractivity contribution < 1.29 is 4.79 Å². The quantitative estimate of drug-likeness (QED) is 0.518. The smallest absolute Gasteiger partial charge is 0.262 e. The summed E-state index contributed by atoms with van der Waals surface area (Å²) < 4.78 is 0. The summed E-state index contributed by atoms with van der Waals surface area (Å²) in [5.41, 5.74) is 2.04. The molecule has 1 N–H and O–H groups in total. The number of aromatic nitrogens is 2. The van der Waals surface area contributed by atoms with Gasteiger partial charge in [-0.1, -0.05) is 25.5 Å². The van der Waals surface area contributed by atoms with E-state index in [-0.39, 0.29) is 11.5 Å². The third-order valence-corrected chi connectivity index (χ3v) is 2.94. The molecular weight excluding hydrogens is 264 g/mol. The van der Waals surface area contributed by atoms with E-state index in [1.807, 2.05) is 37.3 Å². The lowest BCUT2D eigenvalue weighted by molar-refractivity contribution is -0.117. The number of fused-ring (bicyclic) bond motifs is 1. The first-order chi connectivity index (χ1) is 10.2. The van der Waals surface area contributed by atoms with Crippen molar-refractivity contribution in [2.45, 2.75) is 19.8 Å². The molecule has 106 valence electrons. The largest absolute Gasteiger partial charge is 0.351 e. The molecule has 5 nitrogen and oxygen atoms in total. The molecule has 0 aliphatic carbocycles. The molecule has 0 aliphatic rings. The summed E-state index contributed by atoms with van der Waals surface area (Å²) in [7, 11) is 0. The SMILES string of the molecule is CCCCNC(=O)/C(C#N)=C/c1cnc2ccccc2n1. The van der Waals surface area contributed by atoms with Crippen molar-refractivity contribution in [3.63, 3.8) is 0 Å². The van der Waals surface area contributed by atoms with Crippen molar-refractivity contribution in [1.29, 1.82) is 5.26 Å². The Kier molecular flexibility index (Phi) is 4.99. The maximum absolute atomic E-state index is 11.9. The number of nitriles is 1. The minimum Gasteiger partial charge on any atom is -0.351 e. The Morgan fingerprint density at radius 2 is 2.14 bits per heavy atom. The van der Waals surface area contributed by atoms with Gasteiger partial charge in [-0.3, -0.25) is 9.78 Å². The predicted molar refractivity (Wildman–Crippen MR) is 81.0 cm³/mol. The average Bonchev–Trinajstić information content (AvgIpc) is 2.52. The van der Waals surface area contributed by atoms with E-state index in [1.54, 1.807) is 6.20 Å². The number of nitrogens with one attached hydrogen (secondary N) is 1. The van der Waals surface area contributed by atoms with Gasteiger partial charge in [0.15, 0.2) is 0 Å². The topological polar surface area (TPSA) is 78.7 Å². The van der Waals surface area contributed by atoms with E-state index in [1.165, 1.54) is 6.08 Å². The van der Waals surface area contributed by atoms with Gasteiger partial charge in [-0.05, 0) is 24.6 Å². The van der Waals surface area contributed by atoms with Crippen LogP contribution in [0, 0.1) is 11.3 Å². The number of unbranched alkanes of at least 4 members (excludes halogenated alkanes) is 1. The van der Waals surface area contributed by atoms with Crippen molar-refractivity contribution >= 4 is 23.0 Å². The van der Waals surface area contributed by atoms with Crippen LogP contribution in [0.3, 0.4) is 0 Å². The van der Waals surface area contributed by atoms with Crippen molar-refractivity contribution in [1.82, 2.24) is 15.3 Å². The normalized spacial score (nSPS) is 11.1. The van der Waals surface area contributed by atoms with Gasteiger partial charge in [-0.15, -0.1) is 0 Å². The Hall–Kier alpha value is -2.74. The second kappa shape index (κ2) is 7.15. The second-order valence-electron chi connectivity index (χ2n) is 4.56. The van der Waals surface area contributed by atoms with Crippen LogP contribution in [0.4, 0.5) is 0 Å². The Morgan fingerprint density at radius 1 is 1.38 bits per heavy atom. The first-order valence-corrected chi connectivity index (χ1v) is 6.86. The van der Waals surface area contributed by atoms with Gasteiger partial charge in [0.1, 0.15) is 11.6 Å². The summed E-state index contributed by atoms with van der Waals surface area (Å²) in [6.45, 7) is 2.61. The number of rotatable bonds is 5. The van der Waals surface area contributed by atoms with Crippen molar-refractivity contribution in [2.75, 3.05) is 6.54 Å². The van der Waals surface area contributed by atoms with E-state index in [0.717, 1.165) is 23.9 Å². The highest BCUT2D eigenvalue weighted by atomic mass is 16.1. The molecule has 0 unspecified atom stereocenters. The molecule has 1 heterocycles. The Morgan fingerprint density at radius 3 is 2.86 bits per heavy atom. The molecule has 0 bridgehead atoms. The average molecular weight is 280 g/mol. The van der Waals surface area contributed by atoms with E-state index in [9.17, 15) is 4.79 Å². The van der Waals surface area contributed by atoms with Crippen LogP contribution in [0.25, 0.3) is 17.1 Å². The molecule has 2 rings (SSSR count). The summed E-state index contributed by atoms with van der Waals surface area (Å²) in [6, 6.07) is 9.36. The summed E-state index contributed by atoms with van der Waals surface area (Å²) in [6.07, 6.45) is 4.89. The summed E-state index contributed by atoms with van der Waals surface area (Å²) in [5, 5.41) is 11.8. The lowest BCUT2D eigenvalue weighted by Gasteiger charge is -2.03. The van der Waals surface area contributed by atoms with Crippen LogP contribution in [0.1, 0.15) is 25.5 Å². The molecule has 1 aromatic heterocycles. The maximum Gasteiger partial charge on any atom is 0.262 e. The summed E-state index contributed by atoms with van der Waals surface area (Å²) in [5.74, 6) is -0.374. The molecule has 0 saturated carbocycles. The molecule has 0 spiro atoms. The van der Waals surface area contributed by atoms with E-state index in [4.69, 9.17) is 5.26 Å². The second-order valence-corrected chi connectivity index (χ2v) is 4.56. The molecule has 1 aromatic carbocycles. The number of para-hydroxylation sites is 2. The van der Waals surface area contributed by atoms with Crippen LogP contribution >= 0.6 is 0 Å². The molecule has 0 radical (unpaired) electrons. The van der Waals surface area contributed by atoms with Gasteiger partial charge in [0.25, 0.3) is 5.91 Å². The minimum atomic E-state index is -0.374. The third-order valence-electron chi connectivity index (χ3n) is 2.94. The molecule has 0 aliphatic heterocycles. The van der Waals surface area contributed by atoms with E-state index in [0.29, 0.717) is 12.2 Å². The van der Waals surface area contributed by atoms with E-state index < -0.39 is 0 Å². The third kappa shape index (κ3) is 3.86. The Balaban J connectivity index is 2.21. The Bertz CT molecular complexity index is 716. The van der Waals surface area contributed by atoms with Crippen molar-refractivity contribution in [3.05, 3.63) is 41.7 Å². The highest BCUT2D eigenvalue weighted by Gasteiger charge is 2.08. The monoisotopic (exact) mass is 280 g/mol. The lowest BCUT2D eigenvalue weighted by Crippen LogP contribution is -2.25. The number of amides is 1. The van der Waals surface area contributed by atoms with Crippen molar-refractivity contribution in [2.24, 2.45) is 0 Å². The lowest BCUT2D eigenvalue weighted by atomic mass is 10.2. The molecule has 0 fully saturated rings. The number of benzene rings is 1. The number of carbonyl (C=O) groups excluding carboxylic acids is 1. The number of hydrogen-bond acceptors (Lipinski definition) is 4. The van der Waals surface area contributed by atoms with Gasteiger partial charge in [0.05, 0.1) is 22.9 Å². The first-order valence-electron chi connectivity index (χ1n) is 6.86. The minimum absolute atomic E-state index is 0.0377. The Labute approximate surface area is 123 Å².